The number of hydrogen-bond acceptors (Lipinski definition) is 4. The van der Waals surface area contributed by atoms with Crippen molar-refractivity contribution in [3.63, 3.8) is 0 Å². The molecule has 0 radical (unpaired) electrons. The molecule has 2 rings (SSSR count). The summed E-state index contributed by atoms with van der Waals surface area (Å²) < 4.78 is 0.973. The monoisotopic (exact) mass is 348 g/mol. The number of halogens is 1. The predicted molar refractivity (Wildman–Crippen MR) is 86.7 cm³/mol. The van der Waals surface area contributed by atoms with Crippen LogP contribution in [-0.4, -0.2) is 33.9 Å². The molecular weight excluding hydrogens is 332 g/mol. The van der Waals surface area contributed by atoms with Crippen LogP contribution >= 0.6 is 15.9 Å². The normalized spacial score (nSPS) is 10.2. The Hall–Kier alpha value is -1.95. The summed E-state index contributed by atoms with van der Waals surface area (Å²) in [5.41, 5.74) is 1.29. The molecule has 110 valence electrons. The van der Waals surface area contributed by atoms with Crippen molar-refractivity contribution in [1.82, 2.24) is 14.9 Å². The molecule has 0 spiro atoms. The molecule has 1 aromatic carbocycles. The lowest BCUT2D eigenvalue weighted by Crippen LogP contribution is -2.31. The number of carbonyl (C=O) groups excluding carboxylic acids is 1. The largest absolute Gasteiger partial charge is 0.340 e. The average molecular weight is 349 g/mol. The zero-order valence-electron chi connectivity index (χ0n) is 12.0. The van der Waals surface area contributed by atoms with Crippen molar-refractivity contribution in [2.45, 2.75) is 13.8 Å². The second-order valence-electron chi connectivity index (χ2n) is 4.40. The molecule has 1 N–H and O–H groups in total. The van der Waals surface area contributed by atoms with Crippen molar-refractivity contribution in [2.24, 2.45) is 0 Å². The van der Waals surface area contributed by atoms with Crippen LogP contribution in [0, 0.1) is 0 Å². The van der Waals surface area contributed by atoms with Gasteiger partial charge in [-0.2, -0.15) is 0 Å². The van der Waals surface area contributed by atoms with Gasteiger partial charge in [-0.05, 0) is 32.0 Å². The standard InChI is InChI=1S/C15H17BrN4O/c1-3-20(4-2)15(21)13-9-14(18-10-17-13)19-12-7-5-6-11(16)8-12/h5-10H,3-4H2,1-2H3,(H,17,18,19). The summed E-state index contributed by atoms with van der Waals surface area (Å²) in [5, 5.41) is 3.16. The van der Waals surface area contributed by atoms with Crippen LogP contribution in [-0.2, 0) is 0 Å². The van der Waals surface area contributed by atoms with Crippen molar-refractivity contribution in [1.29, 1.82) is 0 Å². The topological polar surface area (TPSA) is 58.1 Å². The Balaban J connectivity index is 2.20. The minimum absolute atomic E-state index is 0.0836. The maximum Gasteiger partial charge on any atom is 0.272 e. The van der Waals surface area contributed by atoms with E-state index < -0.39 is 0 Å². The van der Waals surface area contributed by atoms with Gasteiger partial charge in [0.15, 0.2) is 0 Å². The molecule has 0 atom stereocenters. The van der Waals surface area contributed by atoms with E-state index in [1.54, 1.807) is 11.0 Å². The van der Waals surface area contributed by atoms with E-state index in [4.69, 9.17) is 0 Å². The predicted octanol–water partition coefficient (Wildman–Crippen LogP) is 3.46. The Morgan fingerprint density at radius 3 is 2.67 bits per heavy atom. The number of aromatic nitrogens is 2. The highest BCUT2D eigenvalue weighted by Gasteiger charge is 2.14. The van der Waals surface area contributed by atoms with Gasteiger partial charge in [0, 0.05) is 29.3 Å². The van der Waals surface area contributed by atoms with Gasteiger partial charge >= 0.3 is 0 Å². The first kappa shape index (κ1) is 15.4. The number of carbonyl (C=O) groups is 1. The highest BCUT2D eigenvalue weighted by molar-refractivity contribution is 9.10. The first-order chi connectivity index (χ1) is 10.1. The van der Waals surface area contributed by atoms with Gasteiger partial charge in [0.05, 0.1) is 0 Å². The third-order valence-corrected chi connectivity index (χ3v) is 3.53. The highest BCUT2D eigenvalue weighted by atomic mass is 79.9. The van der Waals surface area contributed by atoms with E-state index in [-0.39, 0.29) is 5.91 Å². The zero-order valence-corrected chi connectivity index (χ0v) is 13.6. The van der Waals surface area contributed by atoms with Crippen LogP contribution in [0.25, 0.3) is 0 Å². The second kappa shape index (κ2) is 7.17. The molecule has 6 heteroatoms. The molecule has 21 heavy (non-hydrogen) atoms. The van der Waals surface area contributed by atoms with Crippen LogP contribution in [0.3, 0.4) is 0 Å². The molecule has 0 aliphatic carbocycles. The Labute approximate surface area is 132 Å². The number of nitrogens with one attached hydrogen (secondary N) is 1. The fourth-order valence-electron chi connectivity index (χ4n) is 1.93. The van der Waals surface area contributed by atoms with Crippen LogP contribution in [0.5, 0.6) is 0 Å². The molecule has 0 saturated heterocycles. The fourth-order valence-corrected chi connectivity index (χ4v) is 2.33. The molecule has 1 heterocycles. The quantitative estimate of drug-likeness (QED) is 0.898. The lowest BCUT2D eigenvalue weighted by Gasteiger charge is -2.18. The maximum absolute atomic E-state index is 12.3. The van der Waals surface area contributed by atoms with Gasteiger partial charge in [0.25, 0.3) is 5.91 Å². The number of anilines is 2. The van der Waals surface area contributed by atoms with Gasteiger partial charge in [0.1, 0.15) is 17.8 Å². The molecule has 0 aliphatic heterocycles. The van der Waals surface area contributed by atoms with Gasteiger partial charge in [-0.1, -0.05) is 22.0 Å². The third-order valence-electron chi connectivity index (χ3n) is 3.03. The van der Waals surface area contributed by atoms with Crippen LogP contribution in [0.2, 0.25) is 0 Å². The maximum atomic E-state index is 12.3. The lowest BCUT2D eigenvalue weighted by atomic mass is 10.3. The molecule has 0 bridgehead atoms. The van der Waals surface area contributed by atoms with Gasteiger partial charge in [0.2, 0.25) is 0 Å². The van der Waals surface area contributed by atoms with Crippen LogP contribution < -0.4 is 5.32 Å². The second-order valence-corrected chi connectivity index (χ2v) is 5.32. The fraction of sp³-hybridized carbons (Fsp3) is 0.267. The number of benzene rings is 1. The van der Waals surface area contributed by atoms with Crippen LogP contribution in [0.1, 0.15) is 24.3 Å². The highest BCUT2D eigenvalue weighted by Crippen LogP contribution is 2.19. The molecule has 0 saturated carbocycles. The summed E-state index contributed by atoms with van der Waals surface area (Å²) >= 11 is 3.42. The SMILES string of the molecule is CCN(CC)C(=O)c1cc(Nc2cccc(Br)c2)ncn1. The first-order valence-electron chi connectivity index (χ1n) is 6.78. The molecule has 0 unspecified atom stereocenters. The molecular formula is C15H17BrN4O. The molecule has 2 aromatic rings. The molecule has 1 aromatic heterocycles. The van der Waals surface area contributed by atoms with E-state index in [2.05, 4.69) is 31.2 Å². The van der Waals surface area contributed by atoms with Crippen molar-refractivity contribution >= 4 is 33.3 Å². The summed E-state index contributed by atoms with van der Waals surface area (Å²) in [6, 6.07) is 9.41. The van der Waals surface area contributed by atoms with Crippen molar-refractivity contribution in [3.05, 3.63) is 46.8 Å². The Kier molecular flexibility index (Phi) is 5.27. The van der Waals surface area contributed by atoms with E-state index in [0.717, 1.165) is 10.2 Å². The minimum Gasteiger partial charge on any atom is -0.340 e. The lowest BCUT2D eigenvalue weighted by molar-refractivity contribution is 0.0767. The van der Waals surface area contributed by atoms with Gasteiger partial charge in [-0.3, -0.25) is 4.79 Å². The summed E-state index contributed by atoms with van der Waals surface area (Å²) in [6.45, 7) is 5.22. The van der Waals surface area contributed by atoms with Crippen molar-refractivity contribution in [2.75, 3.05) is 18.4 Å². The molecule has 5 nitrogen and oxygen atoms in total. The van der Waals surface area contributed by atoms with Crippen molar-refractivity contribution < 1.29 is 4.79 Å². The summed E-state index contributed by atoms with van der Waals surface area (Å²) in [6.07, 6.45) is 1.40. The third kappa shape index (κ3) is 4.01. The van der Waals surface area contributed by atoms with E-state index in [9.17, 15) is 4.79 Å². The molecule has 0 aliphatic rings. The Bertz CT molecular complexity index is 629. The first-order valence-corrected chi connectivity index (χ1v) is 7.57. The van der Waals surface area contributed by atoms with E-state index in [0.29, 0.717) is 24.6 Å². The average Bonchev–Trinajstić information content (AvgIpc) is 2.48. The number of hydrogen-bond donors (Lipinski definition) is 1. The molecule has 0 fully saturated rings. The minimum atomic E-state index is -0.0836. The van der Waals surface area contributed by atoms with Crippen molar-refractivity contribution in [3.8, 4) is 0 Å². The number of nitrogens with zero attached hydrogens (tertiary/aromatic N) is 3. The summed E-state index contributed by atoms with van der Waals surface area (Å²) in [4.78, 5) is 22.2. The zero-order chi connectivity index (χ0) is 15.2. The van der Waals surface area contributed by atoms with Gasteiger partial charge in [-0.25, -0.2) is 9.97 Å². The van der Waals surface area contributed by atoms with Crippen LogP contribution in [0.4, 0.5) is 11.5 Å². The smallest absolute Gasteiger partial charge is 0.272 e. The summed E-state index contributed by atoms with van der Waals surface area (Å²) in [5.74, 6) is 0.512. The Morgan fingerprint density at radius 2 is 2.00 bits per heavy atom. The van der Waals surface area contributed by atoms with Crippen LogP contribution in [0.15, 0.2) is 41.1 Å². The number of amides is 1. The van der Waals surface area contributed by atoms with E-state index in [1.165, 1.54) is 6.33 Å². The van der Waals surface area contributed by atoms with Gasteiger partial charge in [-0.15, -0.1) is 0 Å². The van der Waals surface area contributed by atoms with E-state index >= 15 is 0 Å². The Morgan fingerprint density at radius 1 is 1.24 bits per heavy atom. The van der Waals surface area contributed by atoms with E-state index in [1.807, 2.05) is 38.1 Å². The van der Waals surface area contributed by atoms with Gasteiger partial charge < -0.3 is 10.2 Å². The number of rotatable bonds is 5. The molecule has 1 amide bonds. The summed E-state index contributed by atoms with van der Waals surface area (Å²) in [7, 11) is 0.